The molecule has 4 heteroatoms. The van der Waals surface area contributed by atoms with E-state index < -0.39 is 5.97 Å². The second-order valence-corrected chi connectivity index (χ2v) is 3.95. The van der Waals surface area contributed by atoms with Gasteiger partial charge in [0.25, 0.3) is 0 Å². The van der Waals surface area contributed by atoms with Crippen LogP contribution < -0.4 is 0 Å². The molecule has 20 heavy (non-hydrogen) atoms. The van der Waals surface area contributed by atoms with E-state index in [2.05, 4.69) is 6.07 Å². The fourth-order valence-electron chi connectivity index (χ4n) is 1.62. The minimum atomic E-state index is -0.989. The third-order valence-corrected chi connectivity index (χ3v) is 2.63. The maximum absolute atomic E-state index is 10.8. The first-order valence-corrected chi connectivity index (χ1v) is 5.86. The Balaban J connectivity index is 2.19. The number of hydrogen-bond donors (Lipinski definition) is 1. The van der Waals surface area contributed by atoms with E-state index in [0.717, 1.165) is 0 Å². The Morgan fingerprint density at radius 3 is 2.45 bits per heavy atom. The van der Waals surface area contributed by atoms with E-state index in [1.54, 1.807) is 48.8 Å². The summed E-state index contributed by atoms with van der Waals surface area (Å²) >= 11 is 0. The average Bonchev–Trinajstić information content (AvgIpc) is 2.97. The summed E-state index contributed by atoms with van der Waals surface area (Å²) in [6.07, 6.45) is 6.67. The van der Waals surface area contributed by atoms with E-state index in [9.17, 15) is 4.79 Å². The summed E-state index contributed by atoms with van der Waals surface area (Å²) in [5.74, 6) is -0.295. The molecule has 0 aliphatic rings. The molecule has 0 aliphatic carbocycles. The highest BCUT2D eigenvalue weighted by atomic mass is 16.4. The summed E-state index contributed by atoms with van der Waals surface area (Å²) in [5.41, 5.74) is 1.31. The number of nitrogens with zero attached hydrogens (tertiary/aromatic N) is 1. The predicted molar refractivity (Wildman–Crippen MR) is 74.7 cm³/mol. The van der Waals surface area contributed by atoms with Crippen molar-refractivity contribution in [1.82, 2.24) is 0 Å². The maximum Gasteiger partial charge on any atom is 0.335 e. The number of carbonyl (C=O) groups is 1. The first kappa shape index (κ1) is 13.4. The van der Waals surface area contributed by atoms with Gasteiger partial charge in [0.05, 0.1) is 23.5 Å². The van der Waals surface area contributed by atoms with Crippen LogP contribution in [0.3, 0.4) is 0 Å². The summed E-state index contributed by atoms with van der Waals surface area (Å²) in [4.78, 5) is 10.8. The van der Waals surface area contributed by atoms with Crippen molar-refractivity contribution in [2.75, 3.05) is 0 Å². The van der Waals surface area contributed by atoms with Gasteiger partial charge in [0.15, 0.2) is 0 Å². The van der Waals surface area contributed by atoms with Crippen LogP contribution in [0.4, 0.5) is 0 Å². The second kappa shape index (κ2) is 6.21. The number of aromatic carboxylic acids is 1. The van der Waals surface area contributed by atoms with E-state index in [4.69, 9.17) is 14.8 Å². The third kappa shape index (κ3) is 3.24. The summed E-state index contributed by atoms with van der Waals surface area (Å²) in [6.45, 7) is 0. The molecule has 0 aliphatic heterocycles. The van der Waals surface area contributed by atoms with E-state index in [-0.39, 0.29) is 5.56 Å². The van der Waals surface area contributed by atoms with Gasteiger partial charge >= 0.3 is 5.97 Å². The number of furan rings is 1. The van der Waals surface area contributed by atoms with Gasteiger partial charge in [-0.15, -0.1) is 0 Å². The van der Waals surface area contributed by atoms with Crippen LogP contribution in [0.1, 0.15) is 21.7 Å². The van der Waals surface area contributed by atoms with Crippen LogP contribution in [0.5, 0.6) is 0 Å². The molecule has 98 valence electrons. The fraction of sp³-hybridized carbons (Fsp3) is 0. The molecule has 0 saturated heterocycles. The smallest absolute Gasteiger partial charge is 0.335 e. The Morgan fingerprint density at radius 2 is 1.90 bits per heavy atom. The molecule has 0 amide bonds. The van der Waals surface area contributed by atoms with Crippen molar-refractivity contribution >= 4 is 17.6 Å². The number of hydrogen-bond acceptors (Lipinski definition) is 3. The molecule has 0 fully saturated rings. The van der Waals surface area contributed by atoms with Crippen molar-refractivity contribution in [1.29, 1.82) is 5.26 Å². The highest BCUT2D eigenvalue weighted by Gasteiger charge is 2.04. The van der Waals surface area contributed by atoms with Gasteiger partial charge in [0.1, 0.15) is 5.76 Å². The van der Waals surface area contributed by atoms with Crippen molar-refractivity contribution in [2.45, 2.75) is 0 Å². The summed E-state index contributed by atoms with van der Waals surface area (Å²) in [7, 11) is 0. The van der Waals surface area contributed by atoms with E-state index in [1.807, 2.05) is 0 Å². The zero-order chi connectivity index (χ0) is 14.4. The first-order chi connectivity index (χ1) is 9.70. The molecular weight excluding hydrogens is 254 g/mol. The van der Waals surface area contributed by atoms with Gasteiger partial charge in [-0.25, -0.2) is 4.79 Å². The molecule has 0 bridgehead atoms. The number of benzene rings is 1. The van der Waals surface area contributed by atoms with Crippen molar-refractivity contribution in [2.24, 2.45) is 0 Å². The van der Waals surface area contributed by atoms with E-state index in [0.29, 0.717) is 16.9 Å². The standard InChI is InChI=1S/C16H11NO3/c17-11-14(3-1-4-15-5-2-10-20-15)12-6-8-13(9-7-12)16(18)19/h1-10H,(H,18,19)/b4-1+,14-3-. The van der Waals surface area contributed by atoms with Crippen LogP contribution >= 0.6 is 0 Å². The fourth-order valence-corrected chi connectivity index (χ4v) is 1.62. The molecule has 0 saturated carbocycles. The zero-order valence-corrected chi connectivity index (χ0v) is 10.5. The van der Waals surface area contributed by atoms with Crippen LogP contribution in [0.15, 0.2) is 59.2 Å². The van der Waals surface area contributed by atoms with Gasteiger partial charge in [-0.1, -0.05) is 18.2 Å². The molecular formula is C16H11NO3. The zero-order valence-electron chi connectivity index (χ0n) is 10.5. The largest absolute Gasteiger partial charge is 0.478 e. The van der Waals surface area contributed by atoms with Gasteiger partial charge in [0.2, 0.25) is 0 Å². The van der Waals surface area contributed by atoms with Crippen LogP contribution in [-0.2, 0) is 0 Å². The SMILES string of the molecule is N#C/C(=C/C=C/c1ccco1)c1ccc(C(=O)O)cc1. The highest BCUT2D eigenvalue weighted by molar-refractivity contribution is 5.88. The number of nitriles is 1. The van der Waals surface area contributed by atoms with Crippen molar-refractivity contribution in [3.63, 3.8) is 0 Å². The van der Waals surface area contributed by atoms with E-state index in [1.165, 1.54) is 12.1 Å². The Labute approximate surface area is 115 Å². The quantitative estimate of drug-likeness (QED) is 0.677. The average molecular weight is 265 g/mol. The normalized spacial score (nSPS) is 11.4. The number of carboxylic acid groups (broad SMARTS) is 1. The second-order valence-electron chi connectivity index (χ2n) is 3.95. The summed E-state index contributed by atoms with van der Waals surface area (Å²) in [6, 6.07) is 11.8. The monoisotopic (exact) mass is 265 g/mol. The number of carboxylic acids is 1. The maximum atomic E-state index is 10.8. The molecule has 0 spiro atoms. The molecule has 0 radical (unpaired) electrons. The van der Waals surface area contributed by atoms with Gasteiger partial charge in [-0.05, 0) is 42.0 Å². The van der Waals surface area contributed by atoms with Crippen LogP contribution in [-0.4, -0.2) is 11.1 Å². The van der Waals surface area contributed by atoms with Crippen LogP contribution in [0.25, 0.3) is 11.6 Å². The molecule has 0 unspecified atom stereocenters. The number of rotatable bonds is 4. The lowest BCUT2D eigenvalue weighted by atomic mass is 10.0. The highest BCUT2D eigenvalue weighted by Crippen LogP contribution is 2.15. The lowest BCUT2D eigenvalue weighted by Crippen LogP contribution is -1.95. The molecule has 4 nitrogen and oxygen atoms in total. The molecule has 1 aromatic heterocycles. The van der Waals surface area contributed by atoms with Crippen molar-refractivity contribution < 1.29 is 14.3 Å². The molecule has 1 heterocycles. The topological polar surface area (TPSA) is 74.2 Å². The van der Waals surface area contributed by atoms with Crippen LogP contribution in [0, 0.1) is 11.3 Å². The third-order valence-electron chi connectivity index (χ3n) is 2.63. The lowest BCUT2D eigenvalue weighted by Gasteiger charge is -1.99. The minimum absolute atomic E-state index is 0.192. The Morgan fingerprint density at radius 1 is 1.20 bits per heavy atom. The predicted octanol–water partition coefficient (Wildman–Crippen LogP) is 3.60. The molecule has 2 aromatic rings. The van der Waals surface area contributed by atoms with Crippen molar-refractivity contribution in [3.05, 3.63) is 71.7 Å². The Hall–Kier alpha value is -3.06. The lowest BCUT2D eigenvalue weighted by molar-refractivity contribution is 0.0697. The van der Waals surface area contributed by atoms with Gasteiger partial charge in [0, 0.05) is 0 Å². The van der Waals surface area contributed by atoms with Gasteiger partial charge < -0.3 is 9.52 Å². The van der Waals surface area contributed by atoms with Crippen molar-refractivity contribution in [3.8, 4) is 6.07 Å². The minimum Gasteiger partial charge on any atom is -0.478 e. The first-order valence-electron chi connectivity index (χ1n) is 5.86. The summed E-state index contributed by atoms with van der Waals surface area (Å²) in [5, 5.41) is 17.9. The van der Waals surface area contributed by atoms with E-state index >= 15 is 0 Å². The molecule has 1 aromatic carbocycles. The Kier molecular flexibility index (Phi) is 4.15. The molecule has 2 rings (SSSR count). The molecule has 1 N–H and O–H groups in total. The van der Waals surface area contributed by atoms with Gasteiger partial charge in [-0.2, -0.15) is 5.26 Å². The Bertz CT molecular complexity index is 686. The molecule has 0 atom stereocenters. The van der Waals surface area contributed by atoms with Gasteiger partial charge in [-0.3, -0.25) is 0 Å². The van der Waals surface area contributed by atoms with Crippen LogP contribution in [0.2, 0.25) is 0 Å². The number of allylic oxidation sites excluding steroid dienone is 3. The summed E-state index contributed by atoms with van der Waals surface area (Å²) < 4.78 is 5.13.